The molecule has 0 radical (unpaired) electrons. The molecule has 0 fully saturated rings. The first-order valence-electron chi connectivity index (χ1n) is 11.0. The smallest absolute Gasteiger partial charge is 0.411 e. The van der Waals surface area contributed by atoms with Gasteiger partial charge in [-0.15, -0.1) is 0 Å². The van der Waals surface area contributed by atoms with Crippen molar-refractivity contribution in [3.63, 3.8) is 0 Å². The van der Waals surface area contributed by atoms with Crippen LogP contribution in [0.5, 0.6) is 17.2 Å². The number of nitrogens with one attached hydrogen (secondary N) is 3. The summed E-state index contributed by atoms with van der Waals surface area (Å²) in [4.78, 5) is 23.5. The number of benzene rings is 2. The average molecular weight is 474 g/mol. The first-order valence-corrected chi connectivity index (χ1v) is 11.0. The molecule has 2 aromatic carbocycles. The fraction of sp³-hybridized carbons (Fsp3) is 0.417. The first-order chi connectivity index (χ1) is 16.4. The van der Waals surface area contributed by atoms with Gasteiger partial charge in [0.2, 0.25) is 5.91 Å². The summed E-state index contributed by atoms with van der Waals surface area (Å²) in [6.07, 6.45) is 0.0954. The lowest BCUT2D eigenvalue weighted by molar-refractivity contribution is -0.116. The second-order valence-electron chi connectivity index (χ2n) is 7.74. The Balaban J connectivity index is 1.54. The molecule has 0 bridgehead atoms. The molecule has 3 rings (SSSR count). The van der Waals surface area contributed by atoms with Crippen molar-refractivity contribution < 1.29 is 33.6 Å². The molecule has 0 aromatic heterocycles. The quantitative estimate of drug-likeness (QED) is 0.366. The number of amides is 2. The van der Waals surface area contributed by atoms with Crippen molar-refractivity contribution in [3.8, 4) is 17.2 Å². The molecule has 0 aliphatic carbocycles. The molecule has 0 saturated carbocycles. The highest BCUT2D eigenvalue weighted by Gasteiger charge is 2.23. The molecule has 10 heteroatoms. The van der Waals surface area contributed by atoms with Crippen LogP contribution in [0.25, 0.3) is 0 Å². The zero-order valence-electron chi connectivity index (χ0n) is 19.6. The molecular weight excluding hydrogens is 442 g/mol. The molecule has 1 unspecified atom stereocenters. The largest absolute Gasteiger partial charge is 0.493 e. The maximum atomic E-state index is 11.7. The summed E-state index contributed by atoms with van der Waals surface area (Å²) in [6, 6.07) is 9.09. The number of aliphatic hydroxyl groups excluding tert-OH is 1. The van der Waals surface area contributed by atoms with Crippen molar-refractivity contribution in [3.05, 3.63) is 41.5 Å². The number of hydrogen-bond donors (Lipinski definition) is 4. The van der Waals surface area contributed by atoms with Crippen molar-refractivity contribution in [2.75, 3.05) is 51.7 Å². The van der Waals surface area contributed by atoms with Gasteiger partial charge in [-0.3, -0.25) is 10.1 Å². The highest BCUT2D eigenvalue weighted by molar-refractivity contribution is 5.96. The van der Waals surface area contributed by atoms with Crippen LogP contribution in [0.15, 0.2) is 30.3 Å². The van der Waals surface area contributed by atoms with E-state index in [2.05, 4.69) is 20.7 Å². The van der Waals surface area contributed by atoms with Crippen LogP contribution in [-0.4, -0.2) is 64.2 Å². The summed E-state index contributed by atoms with van der Waals surface area (Å²) in [7, 11) is 4.46. The molecule has 10 nitrogen and oxygen atoms in total. The van der Waals surface area contributed by atoms with Gasteiger partial charge >= 0.3 is 6.09 Å². The lowest BCUT2D eigenvalue weighted by Crippen LogP contribution is -2.33. The van der Waals surface area contributed by atoms with Crippen LogP contribution in [0, 0.1) is 0 Å². The Morgan fingerprint density at radius 3 is 2.65 bits per heavy atom. The predicted molar refractivity (Wildman–Crippen MR) is 127 cm³/mol. The summed E-state index contributed by atoms with van der Waals surface area (Å²) < 4.78 is 21.2. The number of rotatable bonds is 11. The summed E-state index contributed by atoms with van der Waals surface area (Å²) in [6.45, 7) is 0.969. The van der Waals surface area contributed by atoms with Gasteiger partial charge in [-0.1, -0.05) is 6.07 Å². The second-order valence-corrected chi connectivity index (χ2v) is 7.74. The van der Waals surface area contributed by atoms with E-state index in [1.165, 1.54) is 7.11 Å². The van der Waals surface area contributed by atoms with Gasteiger partial charge in [-0.25, -0.2) is 4.79 Å². The predicted octanol–water partition coefficient (Wildman–Crippen LogP) is 2.34. The van der Waals surface area contributed by atoms with E-state index < -0.39 is 12.2 Å². The lowest BCUT2D eigenvalue weighted by Gasteiger charge is -2.23. The highest BCUT2D eigenvalue weighted by Crippen LogP contribution is 2.38. The van der Waals surface area contributed by atoms with Gasteiger partial charge in [0.15, 0.2) is 11.5 Å². The minimum absolute atomic E-state index is 0.00358. The SMILES string of the molecule is COC(=O)Nc1ccc2c(c1OCC(O)CNCCc1ccc(OC)c(OC)c1)CCC(=O)N2. The molecular formula is C24H31N3O7. The first kappa shape index (κ1) is 25.1. The normalized spacial score (nSPS) is 13.4. The third kappa shape index (κ3) is 6.52. The molecule has 2 aromatic rings. The zero-order chi connectivity index (χ0) is 24.5. The van der Waals surface area contributed by atoms with E-state index in [-0.39, 0.29) is 12.5 Å². The van der Waals surface area contributed by atoms with Crippen LogP contribution in [-0.2, 0) is 22.4 Å². The Hall–Kier alpha value is -3.50. The monoisotopic (exact) mass is 473 g/mol. The standard InChI is InChI=1S/C24H31N3O7/c1-31-20-8-4-15(12-21(20)32-2)10-11-25-13-16(28)14-34-23-17-5-9-22(29)26-18(17)6-7-19(23)27-24(30)33-3/h4,6-8,12,16,25,28H,5,9-11,13-14H2,1-3H3,(H,26,29)(H,27,30). The summed E-state index contributed by atoms with van der Waals surface area (Å²) in [5.41, 5.74) is 2.88. The van der Waals surface area contributed by atoms with Crippen molar-refractivity contribution >= 4 is 23.4 Å². The summed E-state index contributed by atoms with van der Waals surface area (Å²) in [5, 5.41) is 19.0. The number of methoxy groups -OCH3 is 3. The Bertz CT molecular complexity index is 1010. The van der Waals surface area contributed by atoms with Crippen molar-refractivity contribution in [1.29, 1.82) is 0 Å². The number of fused-ring (bicyclic) bond motifs is 1. The third-order valence-corrected chi connectivity index (χ3v) is 5.40. The van der Waals surface area contributed by atoms with E-state index in [4.69, 9.17) is 14.2 Å². The van der Waals surface area contributed by atoms with Gasteiger partial charge in [0, 0.05) is 24.2 Å². The summed E-state index contributed by atoms with van der Waals surface area (Å²) in [5.74, 6) is 1.68. The lowest BCUT2D eigenvalue weighted by atomic mass is 10.0. The molecule has 1 aliphatic rings. The average Bonchev–Trinajstić information content (AvgIpc) is 2.85. The molecule has 1 aliphatic heterocycles. The molecule has 2 amide bonds. The van der Waals surface area contributed by atoms with Crippen LogP contribution in [0.4, 0.5) is 16.2 Å². The van der Waals surface area contributed by atoms with Crippen molar-refractivity contribution in [2.24, 2.45) is 0 Å². The van der Waals surface area contributed by atoms with E-state index in [0.717, 1.165) is 17.5 Å². The molecule has 1 heterocycles. The van der Waals surface area contributed by atoms with Crippen molar-refractivity contribution in [1.82, 2.24) is 5.32 Å². The van der Waals surface area contributed by atoms with E-state index >= 15 is 0 Å². The second kappa shape index (κ2) is 12.1. The van der Waals surface area contributed by atoms with Crippen molar-refractivity contribution in [2.45, 2.75) is 25.4 Å². The van der Waals surface area contributed by atoms with E-state index in [1.807, 2.05) is 18.2 Å². The van der Waals surface area contributed by atoms with Crippen LogP contribution in [0.1, 0.15) is 17.5 Å². The minimum Gasteiger partial charge on any atom is -0.493 e. The fourth-order valence-corrected chi connectivity index (χ4v) is 3.64. The van der Waals surface area contributed by atoms with Crippen LogP contribution >= 0.6 is 0 Å². The van der Waals surface area contributed by atoms with Crippen LogP contribution in [0.3, 0.4) is 0 Å². The number of anilines is 2. The molecule has 184 valence electrons. The molecule has 0 saturated heterocycles. The van der Waals surface area contributed by atoms with Crippen LogP contribution in [0.2, 0.25) is 0 Å². The van der Waals surface area contributed by atoms with E-state index in [9.17, 15) is 14.7 Å². The van der Waals surface area contributed by atoms with Gasteiger partial charge in [0.25, 0.3) is 0 Å². The number of ether oxygens (including phenoxy) is 4. The van der Waals surface area contributed by atoms with Gasteiger partial charge in [-0.05, 0) is 49.2 Å². The van der Waals surface area contributed by atoms with Gasteiger partial charge in [0.1, 0.15) is 18.5 Å². The van der Waals surface area contributed by atoms with Gasteiger partial charge < -0.3 is 34.7 Å². The molecule has 4 N–H and O–H groups in total. The Morgan fingerprint density at radius 2 is 1.91 bits per heavy atom. The topological polar surface area (TPSA) is 127 Å². The maximum Gasteiger partial charge on any atom is 0.411 e. The molecule has 1 atom stereocenters. The third-order valence-electron chi connectivity index (χ3n) is 5.40. The zero-order valence-corrected chi connectivity index (χ0v) is 19.6. The number of carbonyl (C=O) groups is 2. The number of carbonyl (C=O) groups excluding carboxylic acids is 2. The maximum absolute atomic E-state index is 11.7. The molecule has 0 spiro atoms. The Morgan fingerprint density at radius 1 is 1.12 bits per heavy atom. The van der Waals surface area contributed by atoms with Gasteiger partial charge in [-0.2, -0.15) is 0 Å². The highest BCUT2D eigenvalue weighted by atomic mass is 16.5. The van der Waals surface area contributed by atoms with E-state index in [0.29, 0.717) is 54.6 Å². The Kier molecular flexibility index (Phi) is 8.94. The Labute approximate surface area is 198 Å². The fourth-order valence-electron chi connectivity index (χ4n) is 3.64. The minimum atomic E-state index is -0.787. The van der Waals surface area contributed by atoms with Crippen LogP contribution < -0.4 is 30.2 Å². The summed E-state index contributed by atoms with van der Waals surface area (Å²) >= 11 is 0. The molecule has 34 heavy (non-hydrogen) atoms. The van der Waals surface area contributed by atoms with Gasteiger partial charge in [0.05, 0.1) is 27.0 Å². The number of aliphatic hydroxyl groups is 1. The van der Waals surface area contributed by atoms with E-state index in [1.54, 1.807) is 26.4 Å². The number of hydrogen-bond acceptors (Lipinski definition) is 8.